The molecule has 0 fully saturated rings. The van der Waals surface area contributed by atoms with Crippen LogP contribution in [0.5, 0.6) is 0 Å². The summed E-state index contributed by atoms with van der Waals surface area (Å²) in [5, 5.41) is 6.54. The molecule has 2 unspecified atom stereocenters. The molecular weight excluding hydrogens is 262 g/mol. The number of rotatable bonds is 7. The van der Waals surface area contributed by atoms with Crippen molar-refractivity contribution < 1.29 is 14.3 Å². The van der Waals surface area contributed by atoms with Gasteiger partial charge in [0.05, 0.1) is 0 Å². The first-order chi connectivity index (χ1) is 9.42. The van der Waals surface area contributed by atoms with Crippen LogP contribution in [-0.4, -0.2) is 38.8 Å². The van der Waals surface area contributed by atoms with E-state index < -0.39 is 12.1 Å². The molecule has 20 heavy (non-hydrogen) atoms. The van der Waals surface area contributed by atoms with Gasteiger partial charge in [0.1, 0.15) is 12.9 Å². The third-order valence-corrected chi connectivity index (χ3v) is 2.63. The molecule has 0 saturated carbocycles. The summed E-state index contributed by atoms with van der Waals surface area (Å²) in [6.45, 7) is 5.35. The van der Waals surface area contributed by atoms with Gasteiger partial charge < -0.3 is 15.8 Å². The Kier molecular flexibility index (Phi) is 5.95. The van der Waals surface area contributed by atoms with Gasteiger partial charge in [-0.2, -0.15) is 0 Å². The Bertz CT molecular complexity index is 460. The van der Waals surface area contributed by atoms with E-state index in [1.54, 1.807) is 0 Å². The standard InChI is InChI=1S/C12H21N5O3/c1-4-5-8(2)15-11(19)9(3)20-10(18)6-17-7-14-12(13)16-17/h7-9H,4-6H2,1-3H3,(H2,13,16)(H,15,19). The number of hydrogen-bond acceptors (Lipinski definition) is 6. The summed E-state index contributed by atoms with van der Waals surface area (Å²) < 4.78 is 6.28. The zero-order valence-electron chi connectivity index (χ0n) is 12.0. The molecule has 2 atom stereocenters. The van der Waals surface area contributed by atoms with E-state index in [2.05, 4.69) is 15.4 Å². The Labute approximate surface area is 117 Å². The molecule has 1 aromatic heterocycles. The maximum atomic E-state index is 11.8. The number of carbonyl (C=O) groups excluding carboxylic acids is 2. The number of nitrogens with one attached hydrogen (secondary N) is 1. The van der Waals surface area contributed by atoms with Crippen molar-refractivity contribution in [3.05, 3.63) is 6.33 Å². The van der Waals surface area contributed by atoms with Gasteiger partial charge in [-0.15, -0.1) is 5.10 Å². The molecule has 0 aliphatic carbocycles. The van der Waals surface area contributed by atoms with Crippen LogP contribution in [0.3, 0.4) is 0 Å². The molecule has 0 radical (unpaired) electrons. The van der Waals surface area contributed by atoms with Crippen molar-refractivity contribution in [1.29, 1.82) is 0 Å². The van der Waals surface area contributed by atoms with E-state index in [0.29, 0.717) is 0 Å². The Balaban J connectivity index is 2.38. The van der Waals surface area contributed by atoms with Crippen molar-refractivity contribution in [3.63, 3.8) is 0 Å². The summed E-state index contributed by atoms with van der Waals surface area (Å²) in [6.07, 6.45) is 2.33. The highest BCUT2D eigenvalue weighted by Gasteiger charge is 2.19. The van der Waals surface area contributed by atoms with Crippen LogP contribution in [-0.2, 0) is 20.9 Å². The summed E-state index contributed by atoms with van der Waals surface area (Å²) in [7, 11) is 0. The molecular formula is C12H21N5O3. The molecule has 0 aliphatic heterocycles. The van der Waals surface area contributed by atoms with E-state index in [1.807, 2.05) is 13.8 Å². The fourth-order valence-corrected chi connectivity index (χ4v) is 1.67. The molecule has 3 N–H and O–H groups in total. The van der Waals surface area contributed by atoms with Crippen molar-refractivity contribution >= 4 is 17.8 Å². The maximum Gasteiger partial charge on any atom is 0.328 e. The van der Waals surface area contributed by atoms with Crippen molar-refractivity contribution in [2.75, 3.05) is 5.73 Å². The van der Waals surface area contributed by atoms with Crippen LogP contribution in [0.1, 0.15) is 33.6 Å². The minimum Gasteiger partial charge on any atom is -0.451 e. The third-order valence-electron chi connectivity index (χ3n) is 2.63. The molecule has 1 aromatic rings. The van der Waals surface area contributed by atoms with Crippen LogP contribution in [0.4, 0.5) is 5.95 Å². The minimum atomic E-state index is -0.845. The van der Waals surface area contributed by atoms with Gasteiger partial charge in [0.2, 0.25) is 5.95 Å². The number of esters is 1. The number of carbonyl (C=O) groups is 2. The van der Waals surface area contributed by atoms with Crippen molar-refractivity contribution in [2.24, 2.45) is 0 Å². The lowest BCUT2D eigenvalue weighted by molar-refractivity contribution is -0.155. The predicted octanol–water partition coefficient (Wildman–Crippen LogP) is 0.0968. The van der Waals surface area contributed by atoms with Crippen molar-refractivity contribution in [1.82, 2.24) is 20.1 Å². The predicted molar refractivity (Wildman–Crippen MR) is 72.5 cm³/mol. The fourth-order valence-electron chi connectivity index (χ4n) is 1.67. The minimum absolute atomic E-state index is 0.0590. The molecule has 0 bridgehead atoms. The molecule has 0 aromatic carbocycles. The van der Waals surface area contributed by atoms with E-state index in [-0.39, 0.29) is 24.4 Å². The quantitative estimate of drug-likeness (QED) is 0.686. The normalized spacial score (nSPS) is 13.6. The number of nitrogens with two attached hydrogens (primary N) is 1. The Hall–Kier alpha value is -2.12. The van der Waals surface area contributed by atoms with E-state index in [9.17, 15) is 9.59 Å². The number of aromatic nitrogens is 3. The smallest absolute Gasteiger partial charge is 0.328 e. The largest absolute Gasteiger partial charge is 0.451 e. The number of hydrogen-bond donors (Lipinski definition) is 2. The van der Waals surface area contributed by atoms with Gasteiger partial charge in [-0.3, -0.25) is 9.59 Å². The molecule has 112 valence electrons. The Morgan fingerprint density at radius 2 is 2.20 bits per heavy atom. The molecule has 1 rings (SSSR count). The summed E-state index contributed by atoms with van der Waals surface area (Å²) >= 11 is 0. The second kappa shape index (κ2) is 7.46. The van der Waals surface area contributed by atoms with Gasteiger partial charge in [-0.05, 0) is 20.3 Å². The summed E-state index contributed by atoms with van der Waals surface area (Å²) in [6, 6.07) is 0.0590. The number of nitrogens with zero attached hydrogens (tertiary/aromatic N) is 3. The highest BCUT2D eigenvalue weighted by atomic mass is 16.5. The van der Waals surface area contributed by atoms with Crippen LogP contribution in [0.25, 0.3) is 0 Å². The zero-order valence-corrected chi connectivity index (χ0v) is 12.0. The summed E-state index contributed by atoms with van der Waals surface area (Å²) in [5.74, 6) is -0.796. The van der Waals surface area contributed by atoms with E-state index in [4.69, 9.17) is 10.5 Å². The highest BCUT2D eigenvalue weighted by Crippen LogP contribution is 1.99. The second-order valence-electron chi connectivity index (χ2n) is 4.63. The van der Waals surface area contributed by atoms with Crippen LogP contribution in [0.15, 0.2) is 6.33 Å². The van der Waals surface area contributed by atoms with Gasteiger partial charge in [0.25, 0.3) is 5.91 Å². The number of amides is 1. The molecule has 0 spiro atoms. The first-order valence-electron chi connectivity index (χ1n) is 6.57. The molecule has 1 amide bonds. The van der Waals surface area contributed by atoms with Crippen molar-refractivity contribution in [3.8, 4) is 0 Å². The number of anilines is 1. The molecule has 8 nitrogen and oxygen atoms in total. The lowest BCUT2D eigenvalue weighted by atomic mass is 10.2. The van der Waals surface area contributed by atoms with Gasteiger partial charge in [-0.1, -0.05) is 13.3 Å². The van der Waals surface area contributed by atoms with Crippen LogP contribution < -0.4 is 11.1 Å². The van der Waals surface area contributed by atoms with Gasteiger partial charge in [0, 0.05) is 6.04 Å². The van der Waals surface area contributed by atoms with Crippen molar-refractivity contribution in [2.45, 2.75) is 52.3 Å². The van der Waals surface area contributed by atoms with E-state index >= 15 is 0 Å². The maximum absolute atomic E-state index is 11.8. The second-order valence-corrected chi connectivity index (χ2v) is 4.63. The first-order valence-corrected chi connectivity index (χ1v) is 6.57. The number of nitrogen functional groups attached to an aromatic ring is 1. The van der Waals surface area contributed by atoms with Crippen LogP contribution in [0, 0.1) is 0 Å². The van der Waals surface area contributed by atoms with Crippen LogP contribution in [0.2, 0.25) is 0 Å². The molecule has 0 aliphatic rings. The molecule has 1 heterocycles. The number of ether oxygens (including phenoxy) is 1. The average molecular weight is 283 g/mol. The van der Waals surface area contributed by atoms with Gasteiger partial charge >= 0.3 is 5.97 Å². The fraction of sp³-hybridized carbons (Fsp3) is 0.667. The van der Waals surface area contributed by atoms with E-state index in [1.165, 1.54) is 17.9 Å². The molecule has 0 saturated heterocycles. The average Bonchev–Trinajstić information content (AvgIpc) is 2.74. The molecule has 8 heteroatoms. The summed E-state index contributed by atoms with van der Waals surface area (Å²) in [5.41, 5.74) is 5.33. The topological polar surface area (TPSA) is 112 Å². The Morgan fingerprint density at radius 3 is 2.75 bits per heavy atom. The lowest BCUT2D eigenvalue weighted by Crippen LogP contribution is -2.41. The van der Waals surface area contributed by atoms with Gasteiger partial charge in [0.15, 0.2) is 6.10 Å². The highest BCUT2D eigenvalue weighted by molar-refractivity contribution is 5.83. The SMILES string of the molecule is CCCC(C)NC(=O)C(C)OC(=O)Cn1cnc(N)n1. The third kappa shape index (κ3) is 5.25. The summed E-state index contributed by atoms with van der Waals surface area (Å²) in [4.78, 5) is 27.1. The lowest BCUT2D eigenvalue weighted by Gasteiger charge is -2.17. The van der Waals surface area contributed by atoms with Crippen LogP contribution >= 0.6 is 0 Å². The zero-order chi connectivity index (χ0) is 15.1. The van der Waals surface area contributed by atoms with E-state index in [0.717, 1.165) is 12.8 Å². The van der Waals surface area contributed by atoms with Gasteiger partial charge in [-0.25, -0.2) is 9.67 Å². The monoisotopic (exact) mass is 283 g/mol. The first kappa shape index (κ1) is 15.9. The Morgan fingerprint density at radius 1 is 1.50 bits per heavy atom.